The number of hydrogen-bond acceptors (Lipinski definition) is 1. The number of rotatable bonds is 4. The molecule has 3 heteroatoms. The van der Waals surface area contributed by atoms with Gasteiger partial charge in [0.05, 0.1) is 0 Å². The summed E-state index contributed by atoms with van der Waals surface area (Å²) >= 11 is 6.19. The fraction of sp³-hybridized carbons (Fsp3) is 0.647. The van der Waals surface area contributed by atoms with E-state index in [2.05, 4.69) is 26.1 Å². The molecule has 0 aromatic heterocycles. The van der Waals surface area contributed by atoms with Crippen LogP contribution >= 0.6 is 11.6 Å². The van der Waals surface area contributed by atoms with Gasteiger partial charge >= 0.3 is 0 Å². The summed E-state index contributed by atoms with van der Waals surface area (Å²) in [6, 6.07) is 4.69. The number of hydrogen-bond donors (Lipinski definition) is 1. The zero-order valence-corrected chi connectivity index (χ0v) is 13.4. The van der Waals surface area contributed by atoms with Crippen molar-refractivity contribution in [1.82, 2.24) is 5.32 Å². The van der Waals surface area contributed by atoms with Gasteiger partial charge in [-0.3, -0.25) is 0 Å². The van der Waals surface area contributed by atoms with Crippen LogP contribution in [0.3, 0.4) is 0 Å². The second-order valence-corrected chi connectivity index (χ2v) is 7.43. The summed E-state index contributed by atoms with van der Waals surface area (Å²) in [6.45, 7) is 7.63. The van der Waals surface area contributed by atoms with Crippen molar-refractivity contribution in [2.45, 2.75) is 52.0 Å². The molecule has 2 atom stereocenters. The van der Waals surface area contributed by atoms with Crippen molar-refractivity contribution in [2.24, 2.45) is 11.8 Å². The van der Waals surface area contributed by atoms with Crippen LogP contribution in [0.25, 0.3) is 0 Å². The molecule has 1 saturated carbocycles. The molecule has 1 aromatic rings. The maximum Gasteiger partial charge on any atom is 0.123 e. The van der Waals surface area contributed by atoms with Crippen LogP contribution in [0.1, 0.15) is 45.6 Å². The van der Waals surface area contributed by atoms with E-state index in [9.17, 15) is 4.39 Å². The lowest BCUT2D eigenvalue weighted by molar-refractivity contribution is 0.317. The van der Waals surface area contributed by atoms with Gasteiger partial charge in [-0.1, -0.05) is 18.0 Å². The lowest BCUT2D eigenvalue weighted by Crippen LogP contribution is -2.40. The normalized spacial score (nSPS) is 23.2. The van der Waals surface area contributed by atoms with Gasteiger partial charge in [-0.25, -0.2) is 4.39 Å². The van der Waals surface area contributed by atoms with Gasteiger partial charge in [-0.15, -0.1) is 0 Å². The molecule has 1 nitrogen and oxygen atoms in total. The van der Waals surface area contributed by atoms with E-state index < -0.39 is 0 Å². The first kappa shape index (κ1) is 15.8. The Morgan fingerprint density at radius 3 is 2.65 bits per heavy atom. The zero-order chi connectivity index (χ0) is 14.8. The van der Waals surface area contributed by atoms with Crippen LogP contribution < -0.4 is 5.32 Å². The Bertz CT molecular complexity index is 453. The maximum absolute atomic E-state index is 13.4. The fourth-order valence-corrected chi connectivity index (χ4v) is 3.27. The van der Waals surface area contributed by atoms with Crippen LogP contribution in [0.2, 0.25) is 5.02 Å². The van der Waals surface area contributed by atoms with Crippen molar-refractivity contribution in [3.8, 4) is 0 Å². The molecule has 1 N–H and O–H groups in total. The second-order valence-electron chi connectivity index (χ2n) is 7.02. The highest BCUT2D eigenvalue weighted by Gasteiger charge is 2.28. The quantitative estimate of drug-likeness (QED) is 0.839. The zero-order valence-electron chi connectivity index (χ0n) is 12.7. The van der Waals surface area contributed by atoms with Gasteiger partial charge in [0.2, 0.25) is 0 Å². The Morgan fingerprint density at radius 2 is 1.95 bits per heavy atom. The summed E-state index contributed by atoms with van der Waals surface area (Å²) in [7, 11) is 0. The van der Waals surface area contributed by atoms with Gasteiger partial charge in [0.15, 0.2) is 0 Å². The summed E-state index contributed by atoms with van der Waals surface area (Å²) in [4.78, 5) is 0. The molecule has 0 radical (unpaired) electrons. The summed E-state index contributed by atoms with van der Waals surface area (Å²) < 4.78 is 13.4. The Morgan fingerprint density at radius 1 is 1.25 bits per heavy atom. The largest absolute Gasteiger partial charge is 0.312 e. The first-order chi connectivity index (χ1) is 9.35. The van der Waals surface area contributed by atoms with Gasteiger partial charge in [-0.05, 0) is 82.2 Å². The highest BCUT2D eigenvalue weighted by molar-refractivity contribution is 6.31. The molecule has 0 bridgehead atoms. The highest BCUT2D eigenvalue weighted by atomic mass is 35.5. The van der Waals surface area contributed by atoms with E-state index in [1.165, 1.54) is 25.3 Å². The van der Waals surface area contributed by atoms with Crippen LogP contribution in [-0.4, -0.2) is 12.1 Å². The SMILES string of the molecule is CC(C)(C)NCC1CCCC1Cc1cc(F)ccc1Cl. The van der Waals surface area contributed by atoms with Crippen molar-refractivity contribution in [1.29, 1.82) is 0 Å². The summed E-state index contributed by atoms with van der Waals surface area (Å²) in [6.07, 6.45) is 4.66. The van der Waals surface area contributed by atoms with E-state index in [4.69, 9.17) is 11.6 Å². The molecular formula is C17H25ClFN. The molecule has 0 spiro atoms. The van der Waals surface area contributed by atoms with E-state index in [0.29, 0.717) is 16.9 Å². The van der Waals surface area contributed by atoms with Crippen LogP contribution in [0.15, 0.2) is 18.2 Å². The van der Waals surface area contributed by atoms with E-state index in [-0.39, 0.29) is 11.4 Å². The van der Waals surface area contributed by atoms with Crippen LogP contribution in [0.5, 0.6) is 0 Å². The molecule has 1 aliphatic carbocycles. The van der Waals surface area contributed by atoms with Crippen molar-refractivity contribution in [3.05, 3.63) is 34.6 Å². The fourth-order valence-electron chi connectivity index (χ4n) is 3.07. The van der Waals surface area contributed by atoms with E-state index in [1.807, 2.05) is 0 Å². The summed E-state index contributed by atoms with van der Waals surface area (Å²) in [5.74, 6) is 1.10. The Kier molecular flexibility index (Phi) is 5.09. The first-order valence-electron chi connectivity index (χ1n) is 7.54. The monoisotopic (exact) mass is 297 g/mol. The van der Waals surface area contributed by atoms with E-state index in [1.54, 1.807) is 12.1 Å². The standard InChI is InChI=1S/C17H25ClFN/c1-17(2,3)20-11-13-6-4-5-12(13)9-14-10-15(19)7-8-16(14)18/h7-8,10,12-13,20H,4-6,9,11H2,1-3H3. The van der Waals surface area contributed by atoms with Gasteiger partial charge in [0, 0.05) is 10.6 Å². The molecule has 0 saturated heterocycles. The molecule has 1 fully saturated rings. The van der Waals surface area contributed by atoms with E-state index >= 15 is 0 Å². The van der Waals surface area contributed by atoms with Crippen LogP contribution in [0, 0.1) is 17.7 Å². The smallest absolute Gasteiger partial charge is 0.123 e. The van der Waals surface area contributed by atoms with Crippen LogP contribution in [-0.2, 0) is 6.42 Å². The lowest BCUT2D eigenvalue weighted by atomic mass is 9.89. The van der Waals surface area contributed by atoms with Crippen molar-refractivity contribution >= 4 is 11.6 Å². The number of nitrogens with one attached hydrogen (secondary N) is 1. The predicted octanol–water partition coefficient (Wildman–Crippen LogP) is 4.83. The molecule has 0 aliphatic heterocycles. The topological polar surface area (TPSA) is 12.0 Å². The Hall–Kier alpha value is -0.600. The molecule has 112 valence electrons. The van der Waals surface area contributed by atoms with Crippen LogP contribution in [0.4, 0.5) is 4.39 Å². The van der Waals surface area contributed by atoms with Crippen molar-refractivity contribution in [3.63, 3.8) is 0 Å². The third kappa shape index (κ3) is 4.46. The first-order valence-corrected chi connectivity index (χ1v) is 7.92. The minimum Gasteiger partial charge on any atom is -0.312 e. The number of benzene rings is 1. The average molecular weight is 298 g/mol. The Balaban J connectivity index is 1.99. The second kappa shape index (κ2) is 6.44. The van der Waals surface area contributed by atoms with Gasteiger partial charge in [0.25, 0.3) is 0 Å². The van der Waals surface area contributed by atoms with Gasteiger partial charge in [-0.2, -0.15) is 0 Å². The molecule has 20 heavy (non-hydrogen) atoms. The van der Waals surface area contributed by atoms with Gasteiger partial charge in [0.1, 0.15) is 5.82 Å². The molecule has 1 aromatic carbocycles. The Labute approximate surface area is 126 Å². The highest BCUT2D eigenvalue weighted by Crippen LogP contribution is 2.35. The van der Waals surface area contributed by atoms with Crippen molar-refractivity contribution < 1.29 is 4.39 Å². The van der Waals surface area contributed by atoms with Gasteiger partial charge < -0.3 is 5.32 Å². The number of halogens is 2. The molecule has 1 aliphatic rings. The summed E-state index contributed by atoms with van der Waals surface area (Å²) in [5, 5.41) is 4.29. The summed E-state index contributed by atoms with van der Waals surface area (Å²) in [5.41, 5.74) is 1.11. The van der Waals surface area contributed by atoms with E-state index in [0.717, 1.165) is 18.5 Å². The predicted molar refractivity (Wildman–Crippen MR) is 83.7 cm³/mol. The lowest BCUT2D eigenvalue weighted by Gasteiger charge is -2.26. The molecular weight excluding hydrogens is 273 g/mol. The molecule has 2 unspecified atom stereocenters. The molecule has 0 amide bonds. The average Bonchev–Trinajstić information content (AvgIpc) is 2.78. The third-order valence-corrected chi connectivity index (χ3v) is 4.57. The third-order valence-electron chi connectivity index (χ3n) is 4.20. The minimum absolute atomic E-state index is 0.156. The molecule has 0 heterocycles. The maximum atomic E-state index is 13.4. The molecule has 2 rings (SSSR count). The minimum atomic E-state index is -0.188. The van der Waals surface area contributed by atoms with Crippen molar-refractivity contribution in [2.75, 3.05) is 6.54 Å².